The number of hydrogen-bond donors (Lipinski definition) is 2. The maximum absolute atomic E-state index is 5.03. The monoisotopic (exact) mass is 222 g/mol. The van der Waals surface area contributed by atoms with Crippen molar-refractivity contribution >= 4 is 0 Å². The molecule has 0 saturated heterocycles. The Hall–Kier alpha value is -2.24. The Kier molecular flexibility index (Phi) is 4.14. The summed E-state index contributed by atoms with van der Waals surface area (Å²) in [5.74, 6) is 0.649. The zero-order valence-electron chi connectivity index (χ0n) is 9.28. The van der Waals surface area contributed by atoms with Crippen LogP contribution in [0.15, 0.2) is 36.7 Å². The normalized spacial score (nSPS) is 9.12. The molecular weight excluding hydrogens is 208 g/mol. The molecule has 0 aliphatic heterocycles. The van der Waals surface area contributed by atoms with Crippen LogP contribution in [0.3, 0.4) is 0 Å². The van der Waals surface area contributed by atoms with Gasteiger partial charge in [0.1, 0.15) is 0 Å². The molecule has 16 heavy (non-hydrogen) atoms. The molecule has 0 saturated carbocycles. The second-order valence-corrected chi connectivity index (χ2v) is 3.18. The summed E-state index contributed by atoms with van der Waals surface area (Å²) in [6.45, 7) is 10.7. The first-order valence-corrected chi connectivity index (χ1v) is 4.58. The van der Waals surface area contributed by atoms with Gasteiger partial charge in [-0.15, -0.1) is 10.2 Å². The van der Waals surface area contributed by atoms with E-state index >= 15 is 0 Å². The van der Waals surface area contributed by atoms with Gasteiger partial charge in [-0.2, -0.15) is 0 Å². The largest absolute Gasteiger partial charge is 0.360 e. The average Bonchev–Trinajstić information content (AvgIpc) is 2.25. The molecule has 2 N–H and O–H groups in total. The second kappa shape index (κ2) is 5.59. The highest BCUT2D eigenvalue weighted by molar-refractivity contribution is 5.15. The number of nitrogens with one attached hydrogen (secondary N) is 2. The molecule has 1 rings (SSSR count). The van der Waals surface area contributed by atoms with Gasteiger partial charge in [0.25, 0.3) is 11.8 Å². The van der Waals surface area contributed by atoms with Crippen LogP contribution < -0.4 is 20.6 Å². The molecule has 0 bridgehead atoms. The fourth-order valence-electron chi connectivity index (χ4n) is 0.695. The van der Waals surface area contributed by atoms with Gasteiger partial charge in [-0.25, -0.2) is 11.0 Å². The van der Waals surface area contributed by atoms with Gasteiger partial charge in [0, 0.05) is 23.5 Å². The van der Waals surface area contributed by atoms with Gasteiger partial charge in [0.15, 0.2) is 0 Å². The van der Waals surface area contributed by atoms with Crippen molar-refractivity contribution in [2.24, 2.45) is 0 Å². The minimum Gasteiger partial charge on any atom is -0.360 e. The highest BCUT2D eigenvalue weighted by Crippen LogP contribution is 2.08. The lowest BCUT2D eigenvalue weighted by atomic mass is 10.5. The van der Waals surface area contributed by atoms with Crippen molar-refractivity contribution in [3.8, 4) is 11.8 Å². The van der Waals surface area contributed by atoms with E-state index in [2.05, 4.69) is 34.3 Å². The molecule has 0 atom stereocenters. The quantitative estimate of drug-likeness (QED) is 0.707. The third-order valence-corrected chi connectivity index (χ3v) is 1.28. The van der Waals surface area contributed by atoms with Gasteiger partial charge in [0.2, 0.25) is 0 Å². The van der Waals surface area contributed by atoms with Crippen molar-refractivity contribution in [1.82, 2.24) is 21.2 Å². The molecule has 1 aromatic rings. The van der Waals surface area contributed by atoms with Crippen LogP contribution in [0.2, 0.25) is 0 Å². The van der Waals surface area contributed by atoms with Crippen LogP contribution in [0.4, 0.5) is 0 Å². The van der Waals surface area contributed by atoms with Crippen molar-refractivity contribution in [3.63, 3.8) is 0 Å². The summed E-state index contributed by atoms with van der Waals surface area (Å²) in [7, 11) is 0. The minimum atomic E-state index is 0.325. The molecule has 1 heterocycles. The fraction of sp³-hybridized carbons (Fsp3) is 0.200. The van der Waals surface area contributed by atoms with E-state index in [0.717, 1.165) is 0 Å². The number of hydroxylamine groups is 2. The molecular formula is C10H14N4O2. The van der Waals surface area contributed by atoms with Gasteiger partial charge in [-0.05, 0) is 13.8 Å². The SMILES string of the molecule is C=C(C)NOc1ccc(ONC(=C)C)nn1. The standard InChI is InChI=1S/C10H14N4O2/c1-7(2)13-15-9-5-6-10(12-11-9)16-14-8(3)4/h5-6,13-14H,1,3H2,2,4H3. The Morgan fingerprint density at radius 3 is 1.62 bits per heavy atom. The average molecular weight is 222 g/mol. The maximum Gasteiger partial charge on any atom is 0.265 e. The fourth-order valence-corrected chi connectivity index (χ4v) is 0.695. The first kappa shape index (κ1) is 11.8. The molecule has 6 heteroatoms. The van der Waals surface area contributed by atoms with Gasteiger partial charge in [-0.1, -0.05) is 13.2 Å². The van der Waals surface area contributed by atoms with E-state index < -0.39 is 0 Å². The third-order valence-electron chi connectivity index (χ3n) is 1.28. The Morgan fingerprint density at radius 1 is 1.00 bits per heavy atom. The lowest BCUT2D eigenvalue weighted by molar-refractivity contribution is 0.202. The van der Waals surface area contributed by atoms with Crippen LogP contribution in [0, 0.1) is 0 Å². The summed E-state index contributed by atoms with van der Waals surface area (Å²) in [5.41, 5.74) is 6.47. The van der Waals surface area contributed by atoms with Crippen LogP contribution in [0.25, 0.3) is 0 Å². The van der Waals surface area contributed by atoms with E-state index in [0.29, 0.717) is 23.2 Å². The molecule has 6 nitrogen and oxygen atoms in total. The minimum absolute atomic E-state index is 0.325. The summed E-state index contributed by atoms with van der Waals surface area (Å²) < 4.78 is 0. The van der Waals surface area contributed by atoms with Gasteiger partial charge in [-0.3, -0.25) is 0 Å². The topological polar surface area (TPSA) is 68.3 Å². The van der Waals surface area contributed by atoms with Crippen molar-refractivity contribution < 1.29 is 9.68 Å². The van der Waals surface area contributed by atoms with Crippen molar-refractivity contribution in [2.45, 2.75) is 13.8 Å². The highest BCUT2D eigenvalue weighted by Gasteiger charge is 1.99. The van der Waals surface area contributed by atoms with Crippen molar-refractivity contribution in [3.05, 3.63) is 36.7 Å². The van der Waals surface area contributed by atoms with Crippen LogP contribution in [-0.4, -0.2) is 10.2 Å². The van der Waals surface area contributed by atoms with Crippen LogP contribution >= 0.6 is 0 Å². The Balaban J connectivity index is 2.47. The Morgan fingerprint density at radius 2 is 1.38 bits per heavy atom. The summed E-state index contributed by atoms with van der Waals surface area (Å²) in [6.07, 6.45) is 0. The molecule has 0 aliphatic rings. The molecule has 1 aromatic heterocycles. The van der Waals surface area contributed by atoms with Crippen LogP contribution in [-0.2, 0) is 0 Å². The predicted molar refractivity (Wildman–Crippen MR) is 59.2 cm³/mol. The lowest BCUT2D eigenvalue weighted by Crippen LogP contribution is -2.17. The zero-order valence-corrected chi connectivity index (χ0v) is 9.28. The molecule has 0 radical (unpaired) electrons. The molecule has 86 valence electrons. The number of aromatic nitrogens is 2. The summed E-state index contributed by atoms with van der Waals surface area (Å²) in [4.78, 5) is 10.1. The molecule has 0 unspecified atom stereocenters. The van der Waals surface area contributed by atoms with Crippen LogP contribution in [0.5, 0.6) is 11.8 Å². The zero-order chi connectivity index (χ0) is 12.0. The molecule has 0 aromatic carbocycles. The molecule has 0 fully saturated rings. The third kappa shape index (κ3) is 4.32. The van der Waals surface area contributed by atoms with E-state index in [-0.39, 0.29) is 0 Å². The summed E-state index contributed by atoms with van der Waals surface area (Å²) >= 11 is 0. The van der Waals surface area contributed by atoms with Crippen LogP contribution in [0.1, 0.15) is 13.8 Å². The van der Waals surface area contributed by atoms with Gasteiger partial charge >= 0.3 is 0 Å². The van der Waals surface area contributed by atoms with E-state index in [1.165, 1.54) is 0 Å². The van der Waals surface area contributed by atoms with Crippen molar-refractivity contribution in [1.29, 1.82) is 0 Å². The molecule has 0 spiro atoms. The molecule has 0 aliphatic carbocycles. The smallest absolute Gasteiger partial charge is 0.265 e. The van der Waals surface area contributed by atoms with Gasteiger partial charge < -0.3 is 9.68 Å². The predicted octanol–water partition coefficient (Wildman–Crippen LogP) is 1.31. The number of nitrogens with zero attached hydrogens (tertiary/aromatic N) is 2. The Labute approximate surface area is 93.9 Å². The Bertz CT molecular complexity index is 338. The van der Waals surface area contributed by atoms with E-state index in [1.807, 2.05) is 0 Å². The maximum atomic E-state index is 5.03. The first-order valence-electron chi connectivity index (χ1n) is 4.58. The van der Waals surface area contributed by atoms with E-state index in [1.54, 1.807) is 26.0 Å². The number of hydrogen-bond acceptors (Lipinski definition) is 6. The summed E-state index contributed by atoms with van der Waals surface area (Å²) in [6, 6.07) is 3.22. The number of allylic oxidation sites excluding steroid dienone is 2. The summed E-state index contributed by atoms with van der Waals surface area (Å²) in [5, 5.41) is 7.52. The number of rotatable bonds is 6. The highest BCUT2D eigenvalue weighted by atomic mass is 16.7. The lowest BCUT2D eigenvalue weighted by Gasteiger charge is -2.07. The van der Waals surface area contributed by atoms with Crippen molar-refractivity contribution in [2.75, 3.05) is 0 Å². The van der Waals surface area contributed by atoms with E-state index in [4.69, 9.17) is 9.68 Å². The second-order valence-electron chi connectivity index (χ2n) is 3.18. The van der Waals surface area contributed by atoms with E-state index in [9.17, 15) is 0 Å². The molecule has 0 amide bonds. The van der Waals surface area contributed by atoms with Gasteiger partial charge in [0.05, 0.1) is 0 Å². The first-order chi connectivity index (χ1) is 7.58.